The lowest BCUT2D eigenvalue weighted by Gasteiger charge is -2.26. The number of likely N-dealkylation sites (tertiary alicyclic amines) is 1. The fraction of sp³-hybridized carbons (Fsp3) is 0.923. The van der Waals surface area contributed by atoms with Crippen LogP contribution in [0.3, 0.4) is 0 Å². The van der Waals surface area contributed by atoms with Gasteiger partial charge in [-0.05, 0) is 38.5 Å². The first-order valence-corrected chi connectivity index (χ1v) is 7.31. The molecule has 2 rings (SSSR count). The van der Waals surface area contributed by atoms with Crippen molar-refractivity contribution in [1.82, 2.24) is 4.90 Å². The summed E-state index contributed by atoms with van der Waals surface area (Å²) in [6, 6.07) is 0.274. The van der Waals surface area contributed by atoms with Crippen molar-refractivity contribution in [2.45, 2.75) is 57.1 Å². The highest BCUT2D eigenvalue weighted by molar-refractivity contribution is 6.18. The molecule has 2 atom stereocenters. The number of rotatable bonds is 4. The van der Waals surface area contributed by atoms with Gasteiger partial charge in [0.25, 0.3) is 0 Å². The molecule has 0 radical (unpaired) electrons. The first kappa shape index (κ1) is 13.2. The molecule has 17 heavy (non-hydrogen) atoms. The molecule has 0 bridgehead atoms. The number of carbonyl (C=O) groups is 1. The third-order valence-corrected chi connectivity index (χ3v) is 4.19. The Labute approximate surface area is 108 Å². The van der Waals surface area contributed by atoms with Gasteiger partial charge in [-0.15, -0.1) is 11.6 Å². The molecule has 0 aliphatic carbocycles. The molecule has 4 heteroatoms. The third-order valence-electron chi connectivity index (χ3n) is 3.83. The van der Waals surface area contributed by atoms with Crippen LogP contribution in [0.25, 0.3) is 0 Å². The molecule has 0 saturated carbocycles. The third kappa shape index (κ3) is 3.59. The van der Waals surface area contributed by atoms with Crippen molar-refractivity contribution in [3.8, 4) is 0 Å². The summed E-state index contributed by atoms with van der Waals surface area (Å²) in [6.45, 7) is 1.76. The van der Waals surface area contributed by atoms with Gasteiger partial charge in [-0.2, -0.15) is 0 Å². The van der Waals surface area contributed by atoms with E-state index in [-0.39, 0.29) is 11.9 Å². The van der Waals surface area contributed by atoms with E-state index < -0.39 is 0 Å². The Bertz CT molecular complexity index is 254. The number of ether oxygens (including phenoxy) is 1. The van der Waals surface area contributed by atoms with Crippen molar-refractivity contribution in [2.75, 3.05) is 19.0 Å². The summed E-state index contributed by atoms with van der Waals surface area (Å²) in [5.74, 6) is 0.841. The van der Waals surface area contributed by atoms with E-state index in [0.29, 0.717) is 18.4 Å². The van der Waals surface area contributed by atoms with E-state index in [1.165, 1.54) is 12.8 Å². The second-order valence-electron chi connectivity index (χ2n) is 5.06. The molecule has 2 heterocycles. The predicted molar refractivity (Wildman–Crippen MR) is 68.3 cm³/mol. The van der Waals surface area contributed by atoms with E-state index >= 15 is 0 Å². The summed E-state index contributed by atoms with van der Waals surface area (Å²) < 4.78 is 5.65. The molecule has 2 fully saturated rings. The molecule has 2 unspecified atom stereocenters. The highest BCUT2D eigenvalue weighted by Crippen LogP contribution is 2.22. The standard InChI is InChI=1S/C13H22ClNO2/c14-10-11-4-3-8-15(11)13(16)7-6-12-5-1-2-9-17-12/h11-12H,1-10H2. The lowest BCUT2D eigenvalue weighted by molar-refractivity contribution is -0.132. The van der Waals surface area contributed by atoms with Gasteiger partial charge in [0.2, 0.25) is 5.91 Å². The minimum absolute atomic E-state index is 0.266. The van der Waals surface area contributed by atoms with Crippen molar-refractivity contribution in [3.05, 3.63) is 0 Å². The first-order chi connectivity index (χ1) is 8.31. The van der Waals surface area contributed by atoms with Crippen LogP contribution in [0.5, 0.6) is 0 Å². The molecule has 0 N–H and O–H groups in total. The molecule has 2 saturated heterocycles. The van der Waals surface area contributed by atoms with E-state index in [4.69, 9.17) is 16.3 Å². The van der Waals surface area contributed by atoms with E-state index in [0.717, 1.165) is 38.8 Å². The smallest absolute Gasteiger partial charge is 0.222 e. The van der Waals surface area contributed by atoms with Crippen LogP contribution < -0.4 is 0 Å². The number of amides is 1. The quantitative estimate of drug-likeness (QED) is 0.727. The van der Waals surface area contributed by atoms with Gasteiger partial charge in [0.15, 0.2) is 0 Å². The van der Waals surface area contributed by atoms with Gasteiger partial charge < -0.3 is 9.64 Å². The van der Waals surface area contributed by atoms with Crippen LogP contribution in [0.1, 0.15) is 44.9 Å². The number of nitrogens with zero attached hydrogens (tertiary/aromatic N) is 1. The average molecular weight is 260 g/mol. The number of halogens is 1. The van der Waals surface area contributed by atoms with Crippen LogP contribution in [-0.4, -0.2) is 42.0 Å². The summed E-state index contributed by atoms with van der Waals surface area (Å²) in [5.41, 5.74) is 0. The first-order valence-electron chi connectivity index (χ1n) is 6.78. The van der Waals surface area contributed by atoms with Gasteiger partial charge in [0, 0.05) is 31.5 Å². The summed E-state index contributed by atoms with van der Waals surface area (Å²) >= 11 is 5.88. The van der Waals surface area contributed by atoms with Gasteiger partial charge in [0.05, 0.1) is 6.10 Å². The SMILES string of the molecule is O=C(CCC1CCCCO1)N1CCCC1CCl. The maximum atomic E-state index is 12.1. The van der Waals surface area contributed by atoms with Crippen molar-refractivity contribution in [2.24, 2.45) is 0 Å². The van der Waals surface area contributed by atoms with Crippen LogP contribution in [0, 0.1) is 0 Å². The van der Waals surface area contributed by atoms with Crippen molar-refractivity contribution in [1.29, 1.82) is 0 Å². The van der Waals surface area contributed by atoms with E-state index in [1.807, 2.05) is 4.90 Å². The Morgan fingerprint density at radius 3 is 2.88 bits per heavy atom. The van der Waals surface area contributed by atoms with Crippen LogP contribution >= 0.6 is 11.6 Å². The molecule has 3 nitrogen and oxygen atoms in total. The molecule has 98 valence electrons. The van der Waals surface area contributed by atoms with Crippen molar-refractivity contribution in [3.63, 3.8) is 0 Å². The Kier molecular flexibility index (Phi) is 5.11. The lowest BCUT2D eigenvalue weighted by atomic mass is 10.0. The van der Waals surface area contributed by atoms with Crippen LogP contribution in [0.2, 0.25) is 0 Å². The molecule has 2 aliphatic rings. The predicted octanol–water partition coefficient (Wildman–Crippen LogP) is 2.57. The van der Waals surface area contributed by atoms with E-state index in [2.05, 4.69) is 0 Å². The summed E-state index contributed by atoms with van der Waals surface area (Å²) in [5, 5.41) is 0. The van der Waals surface area contributed by atoms with Gasteiger partial charge in [0.1, 0.15) is 0 Å². The lowest BCUT2D eigenvalue weighted by Crippen LogP contribution is -2.37. The molecule has 0 aromatic carbocycles. The summed E-state index contributed by atoms with van der Waals surface area (Å²) in [4.78, 5) is 14.0. The largest absolute Gasteiger partial charge is 0.378 e. The average Bonchev–Trinajstić information content (AvgIpc) is 2.85. The fourth-order valence-corrected chi connectivity index (χ4v) is 3.11. The topological polar surface area (TPSA) is 29.5 Å². The molecule has 0 aromatic heterocycles. The van der Waals surface area contributed by atoms with Crippen molar-refractivity contribution < 1.29 is 9.53 Å². The highest BCUT2D eigenvalue weighted by Gasteiger charge is 2.28. The zero-order chi connectivity index (χ0) is 12.1. The second kappa shape index (κ2) is 6.60. The monoisotopic (exact) mass is 259 g/mol. The minimum Gasteiger partial charge on any atom is -0.378 e. The zero-order valence-electron chi connectivity index (χ0n) is 10.4. The minimum atomic E-state index is 0.266. The fourth-order valence-electron chi connectivity index (χ4n) is 2.79. The van der Waals surface area contributed by atoms with Crippen LogP contribution in [0.15, 0.2) is 0 Å². The van der Waals surface area contributed by atoms with Gasteiger partial charge in [-0.3, -0.25) is 4.79 Å². The zero-order valence-corrected chi connectivity index (χ0v) is 11.1. The van der Waals surface area contributed by atoms with Gasteiger partial charge in [-0.1, -0.05) is 0 Å². The van der Waals surface area contributed by atoms with Crippen LogP contribution in [-0.2, 0) is 9.53 Å². The van der Waals surface area contributed by atoms with Gasteiger partial charge in [-0.25, -0.2) is 0 Å². The molecular weight excluding hydrogens is 238 g/mol. The Balaban J connectivity index is 1.72. The summed E-state index contributed by atoms with van der Waals surface area (Å²) in [6.07, 6.45) is 7.51. The Morgan fingerprint density at radius 1 is 1.29 bits per heavy atom. The number of carbonyl (C=O) groups excluding carboxylic acids is 1. The van der Waals surface area contributed by atoms with E-state index in [9.17, 15) is 4.79 Å². The maximum absolute atomic E-state index is 12.1. The molecule has 2 aliphatic heterocycles. The number of hydrogen-bond donors (Lipinski definition) is 0. The second-order valence-corrected chi connectivity index (χ2v) is 5.37. The normalized spacial score (nSPS) is 29.6. The molecule has 1 amide bonds. The van der Waals surface area contributed by atoms with E-state index in [1.54, 1.807) is 0 Å². The summed E-state index contributed by atoms with van der Waals surface area (Å²) in [7, 11) is 0. The number of alkyl halides is 1. The number of hydrogen-bond acceptors (Lipinski definition) is 2. The maximum Gasteiger partial charge on any atom is 0.222 e. The Morgan fingerprint density at radius 2 is 2.18 bits per heavy atom. The molecule has 0 spiro atoms. The van der Waals surface area contributed by atoms with Crippen LogP contribution in [0.4, 0.5) is 0 Å². The highest BCUT2D eigenvalue weighted by atomic mass is 35.5. The molecule has 0 aromatic rings. The van der Waals surface area contributed by atoms with Gasteiger partial charge >= 0.3 is 0 Å². The Hall–Kier alpha value is -0.280. The molecular formula is C13H22ClNO2. The van der Waals surface area contributed by atoms with Crippen molar-refractivity contribution >= 4 is 17.5 Å².